The monoisotopic (exact) mass is 527 g/mol. The average Bonchev–Trinajstić information content (AvgIpc) is 2.84. The van der Waals surface area contributed by atoms with Gasteiger partial charge in [-0.05, 0) is 42.5 Å². The molecule has 6 nitrogen and oxygen atoms in total. The van der Waals surface area contributed by atoms with Crippen LogP contribution in [0.3, 0.4) is 0 Å². The third-order valence-corrected chi connectivity index (χ3v) is 6.50. The summed E-state index contributed by atoms with van der Waals surface area (Å²) < 4.78 is 6.77. The van der Waals surface area contributed by atoms with Gasteiger partial charge in [0.2, 0.25) is 5.88 Å². The fourth-order valence-electron chi connectivity index (χ4n) is 4.21. The summed E-state index contributed by atoms with van der Waals surface area (Å²) in [5.74, 6) is -0.248. The molecule has 1 saturated heterocycles. The van der Waals surface area contributed by atoms with Crippen molar-refractivity contribution in [2.24, 2.45) is 4.99 Å². The third-order valence-electron chi connectivity index (χ3n) is 5.82. The van der Waals surface area contributed by atoms with Crippen LogP contribution in [-0.4, -0.2) is 42.2 Å². The highest BCUT2D eigenvalue weighted by Gasteiger charge is 2.22. The van der Waals surface area contributed by atoms with E-state index >= 15 is 0 Å². The molecule has 35 heavy (non-hydrogen) atoms. The SMILES string of the molecule is O=c1c2ccccc2c(C=Nc2cc(Cl)cc(Cl)c2)c(O)n1-c1cc(Cl)ccc1N1CCOCC1. The molecule has 0 bridgehead atoms. The zero-order valence-corrected chi connectivity index (χ0v) is 20.7. The number of halogens is 3. The molecule has 1 aliphatic heterocycles. The molecule has 0 amide bonds. The second kappa shape index (κ2) is 9.91. The number of hydrogen-bond acceptors (Lipinski definition) is 5. The Hall–Kier alpha value is -3.03. The van der Waals surface area contributed by atoms with E-state index in [4.69, 9.17) is 39.5 Å². The van der Waals surface area contributed by atoms with Crippen molar-refractivity contribution in [1.82, 2.24) is 4.57 Å². The van der Waals surface area contributed by atoms with Crippen LogP contribution < -0.4 is 10.5 Å². The molecule has 178 valence electrons. The van der Waals surface area contributed by atoms with E-state index in [1.165, 1.54) is 10.8 Å². The Morgan fingerprint density at radius 1 is 0.857 bits per heavy atom. The first-order valence-corrected chi connectivity index (χ1v) is 12.1. The summed E-state index contributed by atoms with van der Waals surface area (Å²) in [6.45, 7) is 2.45. The highest BCUT2D eigenvalue weighted by molar-refractivity contribution is 6.35. The van der Waals surface area contributed by atoms with Gasteiger partial charge in [-0.25, -0.2) is 4.57 Å². The number of benzene rings is 3. The largest absolute Gasteiger partial charge is 0.494 e. The number of nitrogens with zero attached hydrogens (tertiary/aromatic N) is 3. The minimum atomic E-state index is -0.363. The lowest BCUT2D eigenvalue weighted by Crippen LogP contribution is -2.37. The van der Waals surface area contributed by atoms with E-state index in [0.717, 1.165) is 5.69 Å². The quantitative estimate of drug-likeness (QED) is 0.318. The van der Waals surface area contributed by atoms with Gasteiger partial charge >= 0.3 is 0 Å². The first kappa shape index (κ1) is 23.7. The van der Waals surface area contributed by atoms with Gasteiger partial charge in [-0.3, -0.25) is 9.79 Å². The average molecular weight is 529 g/mol. The van der Waals surface area contributed by atoms with Crippen LogP contribution in [0.25, 0.3) is 16.5 Å². The molecule has 5 rings (SSSR count). The highest BCUT2D eigenvalue weighted by atomic mass is 35.5. The van der Waals surface area contributed by atoms with E-state index < -0.39 is 0 Å². The second-order valence-electron chi connectivity index (χ2n) is 8.04. The number of fused-ring (bicyclic) bond motifs is 1. The van der Waals surface area contributed by atoms with Crippen LogP contribution in [0.4, 0.5) is 11.4 Å². The van der Waals surface area contributed by atoms with Gasteiger partial charge in [0.05, 0.1) is 35.8 Å². The topological polar surface area (TPSA) is 67.1 Å². The van der Waals surface area contributed by atoms with E-state index in [2.05, 4.69) is 9.89 Å². The van der Waals surface area contributed by atoms with Crippen LogP contribution in [0.2, 0.25) is 15.1 Å². The summed E-state index contributed by atoms with van der Waals surface area (Å²) in [5.41, 5.74) is 1.78. The summed E-state index contributed by atoms with van der Waals surface area (Å²) in [6.07, 6.45) is 1.51. The van der Waals surface area contributed by atoms with Gasteiger partial charge in [0, 0.05) is 45.1 Å². The summed E-state index contributed by atoms with van der Waals surface area (Å²) >= 11 is 18.6. The Morgan fingerprint density at radius 2 is 1.54 bits per heavy atom. The molecule has 1 N–H and O–H groups in total. The summed E-state index contributed by atoms with van der Waals surface area (Å²) in [4.78, 5) is 20.2. The molecule has 0 saturated carbocycles. The first-order chi connectivity index (χ1) is 16.9. The van der Waals surface area contributed by atoms with Crippen molar-refractivity contribution in [2.75, 3.05) is 31.2 Å². The Bertz CT molecular complexity index is 1490. The van der Waals surface area contributed by atoms with Crippen molar-refractivity contribution in [3.8, 4) is 11.6 Å². The van der Waals surface area contributed by atoms with Crippen molar-refractivity contribution in [2.45, 2.75) is 0 Å². The van der Waals surface area contributed by atoms with Crippen LogP contribution in [0.15, 0.2) is 70.5 Å². The number of aromatic hydroxyl groups is 1. The van der Waals surface area contributed by atoms with Crippen LogP contribution in [0.1, 0.15) is 5.56 Å². The number of pyridine rings is 1. The molecule has 1 aliphatic rings. The Labute approximate surface area is 216 Å². The number of morpholine rings is 1. The lowest BCUT2D eigenvalue weighted by atomic mass is 10.1. The third kappa shape index (κ3) is 4.75. The fourth-order valence-corrected chi connectivity index (χ4v) is 4.89. The lowest BCUT2D eigenvalue weighted by molar-refractivity contribution is 0.122. The van der Waals surface area contributed by atoms with Gasteiger partial charge in [0.25, 0.3) is 5.56 Å². The van der Waals surface area contributed by atoms with E-state index in [1.807, 2.05) is 6.07 Å². The summed E-state index contributed by atoms with van der Waals surface area (Å²) in [7, 11) is 0. The molecule has 0 unspecified atom stereocenters. The summed E-state index contributed by atoms with van der Waals surface area (Å²) in [6, 6.07) is 17.3. The predicted octanol–water partition coefficient (Wildman–Crippen LogP) is 6.24. The molecule has 2 heterocycles. The van der Waals surface area contributed by atoms with E-state index in [0.29, 0.717) is 69.1 Å². The maximum atomic E-state index is 13.6. The van der Waals surface area contributed by atoms with E-state index in [-0.39, 0.29) is 11.4 Å². The van der Waals surface area contributed by atoms with Crippen molar-refractivity contribution < 1.29 is 9.84 Å². The number of aromatic nitrogens is 1. The number of ether oxygens (including phenoxy) is 1. The zero-order valence-electron chi connectivity index (χ0n) is 18.4. The molecule has 0 radical (unpaired) electrons. The van der Waals surface area contributed by atoms with Crippen LogP contribution >= 0.6 is 34.8 Å². The molecule has 4 aromatic rings. The second-order valence-corrected chi connectivity index (χ2v) is 9.35. The Kier molecular flexibility index (Phi) is 6.71. The highest BCUT2D eigenvalue weighted by Crippen LogP contribution is 2.33. The number of hydrogen-bond donors (Lipinski definition) is 1. The molecule has 3 aromatic carbocycles. The number of rotatable bonds is 4. The first-order valence-electron chi connectivity index (χ1n) is 10.9. The zero-order chi connectivity index (χ0) is 24.5. The fraction of sp³-hybridized carbons (Fsp3) is 0.154. The van der Waals surface area contributed by atoms with E-state index in [9.17, 15) is 9.90 Å². The van der Waals surface area contributed by atoms with Crippen molar-refractivity contribution in [3.63, 3.8) is 0 Å². The standard InChI is InChI=1S/C26H20Cl3N3O3/c27-16-5-6-23(31-7-9-35-10-8-31)24(14-16)32-25(33)21-4-2-1-3-20(21)22(26(32)34)15-30-19-12-17(28)11-18(29)13-19/h1-6,11-15,34H,7-10H2. The van der Waals surface area contributed by atoms with Gasteiger partial charge in [-0.2, -0.15) is 0 Å². The van der Waals surface area contributed by atoms with Gasteiger partial charge < -0.3 is 14.7 Å². The molecule has 0 aliphatic carbocycles. The minimum Gasteiger partial charge on any atom is -0.494 e. The molecule has 0 atom stereocenters. The molecule has 1 fully saturated rings. The molecule has 9 heteroatoms. The van der Waals surface area contributed by atoms with Crippen LogP contribution in [0.5, 0.6) is 5.88 Å². The van der Waals surface area contributed by atoms with Gasteiger partial charge in [0.15, 0.2) is 0 Å². The Balaban J connectivity index is 1.75. The van der Waals surface area contributed by atoms with Crippen LogP contribution in [-0.2, 0) is 4.74 Å². The molecular weight excluding hydrogens is 509 g/mol. The van der Waals surface area contributed by atoms with Gasteiger partial charge in [0.1, 0.15) is 0 Å². The normalized spacial score (nSPS) is 14.2. The maximum Gasteiger partial charge on any atom is 0.265 e. The number of anilines is 1. The minimum absolute atomic E-state index is 0.248. The van der Waals surface area contributed by atoms with Crippen LogP contribution in [0, 0.1) is 0 Å². The summed E-state index contributed by atoms with van der Waals surface area (Å²) in [5, 5.41) is 13.8. The van der Waals surface area contributed by atoms with Gasteiger partial charge in [-0.1, -0.05) is 53.0 Å². The lowest BCUT2D eigenvalue weighted by Gasteiger charge is -2.31. The van der Waals surface area contributed by atoms with Gasteiger partial charge in [-0.15, -0.1) is 0 Å². The van der Waals surface area contributed by atoms with Crippen molar-refractivity contribution in [3.05, 3.63) is 91.6 Å². The van der Waals surface area contributed by atoms with Crippen molar-refractivity contribution >= 4 is 63.2 Å². The molecule has 0 spiro atoms. The number of aliphatic imine (C=N–C) groups is 1. The molecular formula is C26H20Cl3N3O3. The smallest absolute Gasteiger partial charge is 0.265 e. The van der Waals surface area contributed by atoms with Crippen molar-refractivity contribution in [1.29, 1.82) is 0 Å². The molecule has 1 aromatic heterocycles. The maximum absolute atomic E-state index is 13.6. The van der Waals surface area contributed by atoms with E-state index in [1.54, 1.807) is 54.6 Å². The Morgan fingerprint density at radius 3 is 2.26 bits per heavy atom. The predicted molar refractivity (Wildman–Crippen MR) is 143 cm³/mol.